The van der Waals surface area contributed by atoms with E-state index < -0.39 is 12.3 Å². The summed E-state index contributed by atoms with van der Waals surface area (Å²) in [6.07, 6.45) is 1.00. The smallest absolute Gasteiger partial charge is 0.243 e. The summed E-state index contributed by atoms with van der Waals surface area (Å²) in [5, 5.41) is 0. The fraction of sp³-hybridized carbons (Fsp3) is 1.00. The number of rotatable bonds is 3. The number of halogens is 2. The Kier molecular flexibility index (Phi) is 3.92. The van der Waals surface area contributed by atoms with Crippen molar-refractivity contribution in [2.45, 2.75) is 45.1 Å². The van der Waals surface area contributed by atoms with Gasteiger partial charge < -0.3 is 4.74 Å². The fourth-order valence-corrected chi connectivity index (χ4v) is 1.83. The van der Waals surface area contributed by atoms with Crippen molar-refractivity contribution in [1.29, 1.82) is 0 Å². The van der Waals surface area contributed by atoms with Gasteiger partial charge in [0.2, 0.25) is 6.43 Å². The molecule has 0 N–H and O–H groups in total. The van der Waals surface area contributed by atoms with E-state index in [-0.39, 0.29) is 6.10 Å². The Bertz CT molecular complexity index is 126. The number of ether oxygens (including phenoxy) is 1. The minimum atomic E-state index is -2.21. The highest BCUT2D eigenvalue weighted by molar-refractivity contribution is 4.77. The highest BCUT2D eigenvalue weighted by Gasteiger charge is 2.32. The van der Waals surface area contributed by atoms with Gasteiger partial charge in [0.1, 0.15) is 0 Å². The second-order valence-electron chi connectivity index (χ2n) is 3.28. The Hall–Kier alpha value is -0.180. The molecule has 2 atom stereocenters. The lowest BCUT2D eigenvalue weighted by Crippen LogP contribution is -2.32. The van der Waals surface area contributed by atoms with Crippen LogP contribution in [0.4, 0.5) is 8.78 Å². The van der Waals surface area contributed by atoms with E-state index in [1.54, 1.807) is 0 Å². The highest BCUT2D eigenvalue weighted by Crippen LogP contribution is 2.31. The first-order chi connectivity index (χ1) is 5.75. The quantitative estimate of drug-likeness (QED) is 0.645. The van der Waals surface area contributed by atoms with Crippen LogP contribution in [0.2, 0.25) is 0 Å². The molecule has 1 rings (SSSR count). The standard InChI is InChI=1S/C9H16F2O/c1-2-12-8-6-4-3-5-7(8)9(10)11/h7-9H,2-6H2,1H3. The second kappa shape index (κ2) is 4.75. The first-order valence-corrected chi connectivity index (χ1v) is 4.65. The van der Waals surface area contributed by atoms with Crippen molar-refractivity contribution in [3.8, 4) is 0 Å². The summed E-state index contributed by atoms with van der Waals surface area (Å²) >= 11 is 0. The van der Waals surface area contributed by atoms with Crippen molar-refractivity contribution in [1.82, 2.24) is 0 Å². The Morgan fingerprint density at radius 2 is 2.00 bits per heavy atom. The third-order valence-electron chi connectivity index (χ3n) is 2.46. The van der Waals surface area contributed by atoms with E-state index in [1.807, 2.05) is 6.92 Å². The van der Waals surface area contributed by atoms with Crippen LogP contribution in [0.5, 0.6) is 0 Å². The number of hydrogen-bond donors (Lipinski definition) is 0. The normalized spacial score (nSPS) is 31.0. The van der Waals surface area contributed by atoms with Crippen molar-refractivity contribution < 1.29 is 13.5 Å². The van der Waals surface area contributed by atoms with Gasteiger partial charge in [-0.25, -0.2) is 8.78 Å². The number of hydrogen-bond acceptors (Lipinski definition) is 1. The lowest BCUT2D eigenvalue weighted by atomic mass is 9.87. The predicted octanol–water partition coefficient (Wildman–Crippen LogP) is 2.85. The molecular weight excluding hydrogens is 162 g/mol. The molecule has 1 fully saturated rings. The lowest BCUT2D eigenvalue weighted by Gasteiger charge is -2.30. The summed E-state index contributed by atoms with van der Waals surface area (Å²) in [6.45, 7) is 2.41. The maximum Gasteiger partial charge on any atom is 0.243 e. The van der Waals surface area contributed by atoms with Gasteiger partial charge in [-0.05, 0) is 19.8 Å². The molecule has 3 heteroatoms. The minimum Gasteiger partial charge on any atom is -0.378 e. The second-order valence-corrected chi connectivity index (χ2v) is 3.28. The molecule has 0 aromatic carbocycles. The molecule has 0 saturated heterocycles. The van der Waals surface area contributed by atoms with Gasteiger partial charge in [0.05, 0.1) is 6.10 Å². The SMILES string of the molecule is CCOC1CCCCC1C(F)F. The van der Waals surface area contributed by atoms with Crippen molar-refractivity contribution in [2.75, 3.05) is 6.61 Å². The van der Waals surface area contributed by atoms with Crippen LogP contribution in [0.15, 0.2) is 0 Å². The maximum absolute atomic E-state index is 12.4. The van der Waals surface area contributed by atoms with E-state index in [0.717, 1.165) is 19.3 Å². The lowest BCUT2D eigenvalue weighted by molar-refractivity contribution is -0.0662. The molecule has 1 aliphatic rings. The molecule has 72 valence electrons. The van der Waals surface area contributed by atoms with E-state index in [0.29, 0.717) is 13.0 Å². The van der Waals surface area contributed by atoms with Crippen LogP contribution in [-0.4, -0.2) is 19.1 Å². The average Bonchev–Trinajstić information content (AvgIpc) is 2.05. The largest absolute Gasteiger partial charge is 0.378 e. The molecule has 0 aromatic heterocycles. The maximum atomic E-state index is 12.4. The van der Waals surface area contributed by atoms with Gasteiger partial charge in [-0.15, -0.1) is 0 Å². The van der Waals surface area contributed by atoms with Gasteiger partial charge in [-0.1, -0.05) is 12.8 Å². The van der Waals surface area contributed by atoms with Crippen molar-refractivity contribution >= 4 is 0 Å². The van der Waals surface area contributed by atoms with Crippen LogP contribution in [0.25, 0.3) is 0 Å². The summed E-state index contributed by atoms with van der Waals surface area (Å²) in [5.74, 6) is -0.515. The fourth-order valence-electron chi connectivity index (χ4n) is 1.83. The topological polar surface area (TPSA) is 9.23 Å². The molecule has 0 aliphatic heterocycles. The van der Waals surface area contributed by atoms with E-state index in [2.05, 4.69) is 0 Å². The summed E-state index contributed by atoms with van der Waals surface area (Å²) in [4.78, 5) is 0. The zero-order chi connectivity index (χ0) is 8.97. The van der Waals surface area contributed by atoms with Gasteiger partial charge in [0, 0.05) is 12.5 Å². The third-order valence-corrected chi connectivity index (χ3v) is 2.46. The summed E-state index contributed by atoms with van der Waals surface area (Å²) in [7, 11) is 0. The van der Waals surface area contributed by atoms with Gasteiger partial charge in [0.25, 0.3) is 0 Å². The molecule has 1 nitrogen and oxygen atoms in total. The Labute approximate surface area is 72.1 Å². The first-order valence-electron chi connectivity index (χ1n) is 4.65. The Morgan fingerprint density at radius 3 is 2.58 bits per heavy atom. The molecule has 0 spiro atoms. The molecule has 0 radical (unpaired) electrons. The molecule has 2 unspecified atom stereocenters. The van der Waals surface area contributed by atoms with Gasteiger partial charge in [0.15, 0.2) is 0 Å². The molecule has 1 saturated carbocycles. The molecular formula is C9H16F2O. The highest BCUT2D eigenvalue weighted by atomic mass is 19.3. The summed E-state index contributed by atoms with van der Waals surface area (Å²) < 4.78 is 30.1. The van der Waals surface area contributed by atoms with E-state index in [4.69, 9.17) is 4.74 Å². The van der Waals surface area contributed by atoms with Crippen molar-refractivity contribution in [3.05, 3.63) is 0 Å². The molecule has 12 heavy (non-hydrogen) atoms. The molecule has 0 bridgehead atoms. The Morgan fingerprint density at radius 1 is 1.33 bits per heavy atom. The van der Waals surface area contributed by atoms with Gasteiger partial charge in [-0.2, -0.15) is 0 Å². The van der Waals surface area contributed by atoms with Crippen LogP contribution in [0, 0.1) is 5.92 Å². The molecule has 0 heterocycles. The minimum absolute atomic E-state index is 0.191. The van der Waals surface area contributed by atoms with E-state index in [9.17, 15) is 8.78 Å². The van der Waals surface area contributed by atoms with Crippen LogP contribution < -0.4 is 0 Å². The average molecular weight is 178 g/mol. The van der Waals surface area contributed by atoms with E-state index in [1.165, 1.54) is 0 Å². The van der Waals surface area contributed by atoms with Crippen LogP contribution in [0.1, 0.15) is 32.6 Å². The monoisotopic (exact) mass is 178 g/mol. The van der Waals surface area contributed by atoms with Crippen LogP contribution in [-0.2, 0) is 4.74 Å². The zero-order valence-corrected chi connectivity index (χ0v) is 7.43. The third kappa shape index (κ3) is 2.41. The zero-order valence-electron chi connectivity index (χ0n) is 7.43. The molecule has 1 aliphatic carbocycles. The number of alkyl halides is 2. The van der Waals surface area contributed by atoms with E-state index >= 15 is 0 Å². The van der Waals surface area contributed by atoms with Gasteiger partial charge >= 0.3 is 0 Å². The summed E-state index contributed by atoms with van der Waals surface area (Å²) in [5.41, 5.74) is 0. The summed E-state index contributed by atoms with van der Waals surface area (Å²) in [6, 6.07) is 0. The van der Waals surface area contributed by atoms with Crippen LogP contribution in [0.3, 0.4) is 0 Å². The van der Waals surface area contributed by atoms with Gasteiger partial charge in [-0.3, -0.25) is 0 Å². The van der Waals surface area contributed by atoms with Crippen molar-refractivity contribution in [3.63, 3.8) is 0 Å². The molecule has 0 aromatic rings. The molecule has 0 amide bonds. The Balaban J connectivity index is 2.42. The first kappa shape index (κ1) is 9.90. The predicted molar refractivity (Wildman–Crippen MR) is 43.4 cm³/mol. The van der Waals surface area contributed by atoms with Crippen LogP contribution >= 0.6 is 0 Å². The van der Waals surface area contributed by atoms with Crippen molar-refractivity contribution in [2.24, 2.45) is 5.92 Å².